The number of nitrogens with one attached hydrogen (secondary N) is 1. The van der Waals surface area contributed by atoms with Gasteiger partial charge in [-0.15, -0.1) is 0 Å². The first-order valence-electron chi connectivity index (χ1n) is 4.39. The van der Waals surface area contributed by atoms with Crippen LogP contribution in [0, 0.1) is 0 Å². The zero-order valence-electron chi connectivity index (χ0n) is 8.15. The summed E-state index contributed by atoms with van der Waals surface area (Å²) in [6.07, 6.45) is -2.96. The summed E-state index contributed by atoms with van der Waals surface area (Å²) in [6.45, 7) is 0. The Kier molecular flexibility index (Phi) is 2.66. The molecule has 0 amide bonds. The normalized spacial score (nSPS) is 11.7. The van der Waals surface area contributed by atoms with Gasteiger partial charge in [-0.1, -0.05) is 5.16 Å². The number of hydrogen-bond donors (Lipinski definition) is 1. The molecule has 2 aromatic heterocycles. The number of hydrogen-bond acceptors (Lipinski definition) is 5. The second-order valence-electron chi connectivity index (χ2n) is 3.05. The van der Waals surface area contributed by atoms with E-state index in [1.165, 1.54) is 12.4 Å². The van der Waals surface area contributed by atoms with Crippen LogP contribution in [0.1, 0.15) is 5.89 Å². The summed E-state index contributed by atoms with van der Waals surface area (Å²) in [4.78, 5) is 20.7. The first kappa shape index (κ1) is 11.3. The molecule has 0 fully saturated rings. The lowest BCUT2D eigenvalue weighted by atomic mass is 10.3. The average molecular weight is 246 g/mol. The molecule has 0 aliphatic carbocycles. The van der Waals surface area contributed by atoms with Gasteiger partial charge in [0.15, 0.2) is 5.82 Å². The predicted molar refractivity (Wildman–Crippen MR) is 46.6 cm³/mol. The molecule has 0 radical (unpaired) electrons. The molecule has 0 bridgehead atoms. The van der Waals surface area contributed by atoms with Gasteiger partial charge in [0.25, 0.3) is 0 Å². The summed E-state index contributed by atoms with van der Waals surface area (Å²) < 4.78 is 40.4. The van der Waals surface area contributed by atoms with Crippen LogP contribution in [0.2, 0.25) is 0 Å². The van der Waals surface area contributed by atoms with Gasteiger partial charge < -0.3 is 9.51 Å². The number of carbonyl (C=O) groups excluding carboxylic acids is 1. The van der Waals surface area contributed by atoms with E-state index in [9.17, 15) is 18.0 Å². The molecule has 0 spiro atoms. The number of carbonyl (C=O) groups is 1. The maximum atomic E-state index is 12.0. The lowest BCUT2D eigenvalue weighted by Gasteiger charge is -2.00. The third-order valence-corrected chi connectivity index (χ3v) is 1.81. The van der Waals surface area contributed by atoms with Crippen LogP contribution in [-0.2, 0) is 11.2 Å². The van der Waals surface area contributed by atoms with E-state index in [1.807, 2.05) is 0 Å². The molecule has 0 aromatic carbocycles. The Hall–Kier alpha value is -2.19. The number of imidazole rings is 1. The molecule has 0 aliphatic heterocycles. The third kappa shape index (κ3) is 2.49. The van der Waals surface area contributed by atoms with Crippen LogP contribution in [0.15, 0.2) is 16.9 Å². The van der Waals surface area contributed by atoms with Gasteiger partial charge in [-0.3, -0.25) is 4.79 Å². The van der Waals surface area contributed by atoms with E-state index in [-0.39, 0.29) is 11.6 Å². The SMILES string of the molecule is O=C(Cc1nc(-c2ncc[nH]2)no1)C(F)(F)F. The van der Waals surface area contributed by atoms with Gasteiger partial charge in [0.2, 0.25) is 17.5 Å². The van der Waals surface area contributed by atoms with E-state index in [1.54, 1.807) is 0 Å². The molecular formula is C8H5F3N4O2. The first-order chi connectivity index (χ1) is 7.97. The highest BCUT2D eigenvalue weighted by Gasteiger charge is 2.39. The molecule has 0 aliphatic rings. The van der Waals surface area contributed by atoms with Crippen molar-refractivity contribution in [3.8, 4) is 11.6 Å². The summed E-state index contributed by atoms with van der Waals surface area (Å²) in [6, 6.07) is 0. The fourth-order valence-electron chi connectivity index (χ4n) is 1.05. The molecule has 0 unspecified atom stereocenters. The van der Waals surface area contributed by atoms with Crippen LogP contribution in [0.25, 0.3) is 11.6 Å². The molecule has 2 rings (SSSR count). The van der Waals surface area contributed by atoms with Crippen LogP contribution in [0.5, 0.6) is 0 Å². The van der Waals surface area contributed by atoms with Gasteiger partial charge >= 0.3 is 6.18 Å². The van der Waals surface area contributed by atoms with E-state index in [4.69, 9.17) is 0 Å². The van der Waals surface area contributed by atoms with Crippen molar-refractivity contribution in [1.29, 1.82) is 0 Å². The second kappa shape index (κ2) is 4.00. The van der Waals surface area contributed by atoms with Crippen LogP contribution >= 0.6 is 0 Å². The number of aromatic nitrogens is 4. The van der Waals surface area contributed by atoms with Crippen LogP contribution in [0.4, 0.5) is 13.2 Å². The Morgan fingerprint density at radius 3 is 2.82 bits per heavy atom. The molecule has 0 saturated carbocycles. The third-order valence-electron chi connectivity index (χ3n) is 1.81. The minimum atomic E-state index is -4.90. The maximum absolute atomic E-state index is 12.0. The number of nitrogens with zero attached hydrogens (tertiary/aromatic N) is 3. The zero-order chi connectivity index (χ0) is 12.5. The van der Waals surface area contributed by atoms with Crippen molar-refractivity contribution in [2.24, 2.45) is 0 Å². The molecular weight excluding hydrogens is 241 g/mol. The highest BCUT2D eigenvalue weighted by Crippen LogP contribution is 2.19. The van der Waals surface area contributed by atoms with Crippen molar-refractivity contribution < 1.29 is 22.5 Å². The van der Waals surface area contributed by atoms with E-state index >= 15 is 0 Å². The highest BCUT2D eigenvalue weighted by atomic mass is 19.4. The summed E-state index contributed by atoms with van der Waals surface area (Å²) in [5, 5.41) is 3.39. The Bertz CT molecular complexity index is 517. The molecule has 6 nitrogen and oxygen atoms in total. The van der Waals surface area contributed by atoms with Crippen LogP contribution in [0.3, 0.4) is 0 Å². The van der Waals surface area contributed by atoms with Crippen LogP contribution in [-0.4, -0.2) is 32.1 Å². The minimum absolute atomic E-state index is 0.0000236. The lowest BCUT2D eigenvalue weighted by Crippen LogP contribution is -2.24. The van der Waals surface area contributed by atoms with Gasteiger partial charge in [0.1, 0.15) is 0 Å². The van der Waals surface area contributed by atoms with E-state index in [2.05, 4.69) is 24.6 Å². The van der Waals surface area contributed by atoms with E-state index in [0.717, 1.165) is 0 Å². The molecule has 17 heavy (non-hydrogen) atoms. The van der Waals surface area contributed by atoms with Crippen molar-refractivity contribution >= 4 is 5.78 Å². The van der Waals surface area contributed by atoms with Gasteiger partial charge in [-0.05, 0) is 0 Å². The zero-order valence-corrected chi connectivity index (χ0v) is 8.15. The second-order valence-corrected chi connectivity index (χ2v) is 3.05. The quantitative estimate of drug-likeness (QED) is 0.877. The Balaban J connectivity index is 2.12. The molecule has 1 N–H and O–H groups in total. The van der Waals surface area contributed by atoms with E-state index < -0.39 is 24.3 Å². The summed E-state index contributed by atoms with van der Waals surface area (Å²) in [5.74, 6) is -2.09. The number of alkyl halides is 3. The number of ketones is 1. The van der Waals surface area contributed by atoms with Gasteiger partial charge in [0.05, 0.1) is 6.42 Å². The molecule has 0 saturated heterocycles. The minimum Gasteiger partial charge on any atom is -0.342 e. The fourth-order valence-corrected chi connectivity index (χ4v) is 1.05. The standard InChI is InChI=1S/C8H5F3N4O2/c9-8(10,11)4(16)3-5-14-7(15-17-5)6-12-1-2-13-6/h1-2H,3H2,(H,12,13). The van der Waals surface area contributed by atoms with Gasteiger partial charge in [0, 0.05) is 12.4 Å². The number of H-pyrrole nitrogens is 1. The largest absolute Gasteiger partial charge is 0.450 e. The summed E-state index contributed by atoms with van der Waals surface area (Å²) in [5.41, 5.74) is 0. The van der Waals surface area contributed by atoms with Crippen molar-refractivity contribution in [2.75, 3.05) is 0 Å². The van der Waals surface area contributed by atoms with Crippen molar-refractivity contribution in [1.82, 2.24) is 20.1 Å². The van der Waals surface area contributed by atoms with Crippen molar-refractivity contribution in [3.63, 3.8) is 0 Å². The van der Waals surface area contributed by atoms with Crippen molar-refractivity contribution in [2.45, 2.75) is 12.6 Å². The smallest absolute Gasteiger partial charge is 0.342 e. The molecule has 2 aromatic rings. The van der Waals surface area contributed by atoms with Crippen LogP contribution < -0.4 is 0 Å². The maximum Gasteiger partial charge on any atom is 0.450 e. The summed E-state index contributed by atoms with van der Waals surface area (Å²) in [7, 11) is 0. The topological polar surface area (TPSA) is 84.7 Å². The molecule has 2 heterocycles. The number of halogens is 3. The average Bonchev–Trinajstić information content (AvgIpc) is 2.83. The Morgan fingerprint density at radius 2 is 2.24 bits per heavy atom. The Morgan fingerprint density at radius 1 is 1.47 bits per heavy atom. The molecule has 9 heteroatoms. The molecule has 0 atom stereocenters. The van der Waals surface area contributed by atoms with Gasteiger partial charge in [-0.2, -0.15) is 18.2 Å². The lowest BCUT2D eigenvalue weighted by molar-refractivity contribution is -0.170. The highest BCUT2D eigenvalue weighted by molar-refractivity contribution is 5.85. The van der Waals surface area contributed by atoms with Crippen molar-refractivity contribution in [3.05, 3.63) is 18.3 Å². The number of Topliss-reactive ketones (excluding diaryl/α,β-unsaturated/α-hetero) is 1. The van der Waals surface area contributed by atoms with Gasteiger partial charge in [-0.25, -0.2) is 4.98 Å². The predicted octanol–water partition coefficient (Wildman–Crippen LogP) is 1.13. The fraction of sp³-hybridized carbons (Fsp3) is 0.250. The number of aromatic amines is 1. The Labute approximate surface area is 91.9 Å². The summed E-state index contributed by atoms with van der Waals surface area (Å²) >= 11 is 0. The molecule has 90 valence electrons. The first-order valence-corrected chi connectivity index (χ1v) is 4.39. The number of rotatable bonds is 3. The monoisotopic (exact) mass is 246 g/mol. The van der Waals surface area contributed by atoms with E-state index in [0.29, 0.717) is 0 Å².